The van der Waals surface area contributed by atoms with Crippen LogP contribution in [0.15, 0.2) is 36.5 Å². The number of ether oxygens (including phenoxy) is 1. The standard InChI is InChI=1S/C14H15N3O2/c1-9-11(6-4-8-16-9)17-14(18)10-5-3-7-12(19-2)13(10)15/h3-8H,15H2,1-2H3,(H,17,18). The number of aromatic nitrogens is 1. The maximum Gasteiger partial charge on any atom is 0.257 e. The molecule has 0 fully saturated rings. The number of para-hydroxylation sites is 1. The number of carbonyl (C=O) groups excluding carboxylic acids is 1. The molecule has 0 aliphatic heterocycles. The highest BCUT2D eigenvalue weighted by Crippen LogP contribution is 2.25. The molecule has 1 aromatic carbocycles. The number of benzene rings is 1. The third-order valence-corrected chi connectivity index (χ3v) is 2.79. The third kappa shape index (κ3) is 2.65. The van der Waals surface area contributed by atoms with Crippen LogP contribution in [0.2, 0.25) is 0 Å². The third-order valence-electron chi connectivity index (χ3n) is 2.79. The molecule has 5 nitrogen and oxygen atoms in total. The molecule has 0 bridgehead atoms. The lowest BCUT2D eigenvalue weighted by Crippen LogP contribution is -2.15. The summed E-state index contributed by atoms with van der Waals surface area (Å²) in [4.78, 5) is 16.3. The minimum absolute atomic E-state index is 0.285. The fourth-order valence-electron chi connectivity index (χ4n) is 1.73. The number of nitrogens with zero attached hydrogens (tertiary/aromatic N) is 1. The Labute approximate surface area is 111 Å². The highest BCUT2D eigenvalue weighted by Gasteiger charge is 2.13. The van der Waals surface area contributed by atoms with E-state index in [2.05, 4.69) is 10.3 Å². The van der Waals surface area contributed by atoms with Crippen LogP contribution in [-0.4, -0.2) is 18.0 Å². The summed E-state index contributed by atoms with van der Waals surface area (Å²) in [5.41, 5.74) is 7.99. The van der Waals surface area contributed by atoms with Gasteiger partial charge in [0.2, 0.25) is 0 Å². The molecule has 0 aliphatic rings. The number of nitrogens with one attached hydrogen (secondary N) is 1. The van der Waals surface area contributed by atoms with Crippen LogP contribution < -0.4 is 15.8 Å². The number of anilines is 2. The van der Waals surface area contributed by atoms with Crippen molar-refractivity contribution in [1.82, 2.24) is 4.98 Å². The second-order valence-electron chi connectivity index (χ2n) is 4.01. The molecule has 0 unspecified atom stereocenters. The summed E-state index contributed by atoms with van der Waals surface area (Å²) < 4.78 is 5.09. The highest BCUT2D eigenvalue weighted by atomic mass is 16.5. The summed E-state index contributed by atoms with van der Waals surface area (Å²) in [6.07, 6.45) is 1.67. The molecule has 0 atom stereocenters. The van der Waals surface area contributed by atoms with Gasteiger partial charge >= 0.3 is 0 Å². The normalized spacial score (nSPS) is 10.0. The van der Waals surface area contributed by atoms with E-state index in [9.17, 15) is 4.79 Å². The maximum absolute atomic E-state index is 12.2. The van der Waals surface area contributed by atoms with Gasteiger partial charge in [0.15, 0.2) is 0 Å². The van der Waals surface area contributed by atoms with Gasteiger partial charge in [0, 0.05) is 6.20 Å². The molecule has 0 radical (unpaired) electrons. The average Bonchev–Trinajstić information content (AvgIpc) is 2.41. The van der Waals surface area contributed by atoms with Crippen molar-refractivity contribution in [2.24, 2.45) is 0 Å². The van der Waals surface area contributed by atoms with Crippen molar-refractivity contribution in [2.45, 2.75) is 6.92 Å². The first-order valence-corrected chi connectivity index (χ1v) is 5.79. The van der Waals surface area contributed by atoms with Crippen molar-refractivity contribution in [3.05, 3.63) is 47.8 Å². The van der Waals surface area contributed by atoms with Gasteiger partial charge in [0.05, 0.1) is 29.7 Å². The van der Waals surface area contributed by atoms with E-state index in [0.717, 1.165) is 5.69 Å². The van der Waals surface area contributed by atoms with E-state index in [1.165, 1.54) is 7.11 Å². The van der Waals surface area contributed by atoms with Gasteiger partial charge in [-0.1, -0.05) is 6.07 Å². The second kappa shape index (κ2) is 5.39. The Morgan fingerprint density at radius 2 is 2.11 bits per heavy atom. The zero-order chi connectivity index (χ0) is 13.8. The van der Waals surface area contributed by atoms with E-state index in [1.807, 2.05) is 6.92 Å². The van der Waals surface area contributed by atoms with E-state index in [-0.39, 0.29) is 5.91 Å². The van der Waals surface area contributed by atoms with Crippen molar-refractivity contribution in [3.63, 3.8) is 0 Å². The smallest absolute Gasteiger partial charge is 0.257 e. The van der Waals surface area contributed by atoms with Crippen molar-refractivity contribution < 1.29 is 9.53 Å². The predicted molar refractivity (Wildman–Crippen MR) is 74.3 cm³/mol. The van der Waals surface area contributed by atoms with Crippen molar-refractivity contribution >= 4 is 17.3 Å². The summed E-state index contributed by atoms with van der Waals surface area (Å²) in [5, 5.41) is 2.78. The Morgan fingerprint density at radius 1 is 1.32 bits per heavy atom. The van der Waals surface area contributed by atoms with Crippen LogP contribution in [-0.2, 0) is 0 Å². The molecule has 2 aromatic rings. The Hall–Kier alpha value is -2.56. The van der Waals surface area contributed by atoms with E-state index in [0.29, 0.717) is 22.7 Å². The number of hydrogen-bond donors (Lipinski definition) is 2. The minimum atomic E-state index is -0.285. The van der Waals surface area contributed by atoms with E-state index in [1.54, 1.807) is 36.5 Å². The van der Waals surface area contributed by atoms with Gasteiger partial charge in [-0.25, -0.2) is 0 Å². The molecular weight excluding hydrogens is 242 g/mol. The van der Waals surface area contributed by atoms with E-state index in [4.69, 9.17) is 10.5 Å². The zero-order valence-electron chi connectivity index (χ0n) is 10.8. The van der Waals surface area contributed by atoms with Crippen LogP contribution in [0.25, 0.3) is 0 Å². The zero-order valence-corrected chi connectivity index (χ0v) is 10.8. The fraction of sp³-hybridized carbons (Fsp3) is 0.143. The highest BCUT2D eigenvalue weighted by molar-refractivity contribution is 6.08. The fourth-order valence-corrected chi connectivity index (χ4v) is 1.73. The lowest BCUT2D eigenvalue weighted by Gasteiger charge is -2.11. The molecular formula is C14H15N3O2. The lowest BCUT2D eigenvalue weighted by atomic mass is 10.1. The monoisotopic (exact) mass is 257 g/mol. The number of amides is 1. The van der Waals surface area contributed by atoms with Gasteiger partial charge in [0.1, 0.15) is 5.75 Å². The van der Waals surface area contributed by atoms with Crippen molar-refractivity contribution in [2.75, 3.05) is 18.2 Å². The lowest BCUT2D eigenvalue weighted by molar-refractivity contribution is 0.102. The average molecular weight is 257 g/mol. The number of aryl methyl sites for hydroxylation is 1. The van der Waals surface area contributed by atoms with Crippen LogP contribution in [0.3, 0.4) is 0 Å². The molecule has 0 aliphatic carbocycles. The molecule has 3 N–H and O–H groups in total. The second-order valence-corrected chi connectivity index (χ2v) is 4.01. The molecule has 1 heterocycles. The number of nitrogens with two attached hydrogens (primary N) is 1. The first-order valence-electron chi connectivity index (χ1n) is 5.79. The first kappa shape index (κ1) is 12.9. The maximum atomic E-state index is 12.2. The summed E-state index contributed by atoms with van der Waals surface area (Å²) in [6.45, 7) is 1.82. The van der Waals surface area contributed by atoms with Gasteiger partial charge in [-0.15, -0.1) is 0 Å². The SMILES string of the molecule is COc1cccc(C(=O)Nc2cccnc2C)c1N. The van der Waals surface area contributed by atoms with Crippen LogP contribution in [0.4, 0.5) is 11.4 Å². The Bertz CT molecular complexity index is 611. The van der Waals surface area contributed by atoms with Crippen molar-refractivity contribution in [3.8, 4) is 5.75 Å². The van der Waals surface area contributed by atoms with E-state index >= 15 is 0 Å². The van der Waals surface area contributed by atoms with Gasteiger partial charge in [-0.3, -0.25) is 9.78 Å². The molecule has 0 spiro atoms. The Morgan fingerprint density at radius 3 is 2.79 bits per heavy atom. The topological polar surface area (TPSA) is 77.2 Å². The summed E-state index contributed by atoms with van der Waals surface area (Å²) in [7, 11) is 1.51. The molecule has 5 heteroatoms. The molecule has 1 aromatic heterocycles. The summed E-state index contributed by atoms with van der Waals surface area (Å²) >= 11 is 0. The summed E-state index contributed by atoms with van der Waals surface area (Å²) in [6, 6.07) is 8.63. The van der Waals surface area contributed by atoms with Crippen LogP contribution >= 0.6 is 0 Å². The number of hydrogen-bond acceptors (Lipinski definition) is 4. The van der Waals surface area contributed by atoms with Gasteiger partial charge in [0.25, 0.3) is 5.91 Å². The molecule has 19 heavy (non-hydrogen) atoms. The largest absolute Gasteiger partial charge is 0.495 e. The quantitative estimate of drug-likeness (QED) is 0.827. The summed E-state index contributed by atoms with van der Waals surface area (Å²) in [5.74, 6) is 0.197. The molecule has 98 valence electrons. The van der Waals surface area contributed by atoms with Crippen LogP contribution in [0, 0.1) is 6.92 Å². The molecule has 2 rings (SSSR count). The first-order chi connectivity index (χ1) is 9.13. The number of carbonyl (C=O) groups is 1. The van der Waals surface area contributed by atoms with Gasteiger partial charge in [-0.05, 0) is 31.2 Å². The van der Waals surface area contributed by atoms with Gasteiger partial charge < -0.3 is 15.8 Å². The van der Waals surface area contributed by atoms with E-state index < -0.39 is 0 Å². The number of rotatable bonds is 3. The Kier molecular flexibility index (Phi) is 3.66. The van der Waals surface area contributed by atoms with Crippen molar-refractivity contribution in [1.29, 1.82) is 0 Å². The van der Waals surface area contributed by atoms with Crippen LogP contribution in [0.5, 0.6) is 5.75 Å². The number of nitrogen functional groups attached to an aromatic ring is 1. The number of pyridine rings is 1. The van der Waals surface area contributed by atoms with Crippen LogP contribution in [0.1, 0.15) is 16.1 Å². The molecule has 0 saturated heterocycles. The minimum Gasteiger partial charge on any atom is -0.495 e. The van der Waals surface area contributed by atoms with Gasteiger partial charge in [-0.2, -0.15) is 0 Å². The number of methoxy groups -OCH3 is 1. The Balaban J connectivity index is 2.28. The predicted octanol–water partition coefficient (Wildman–Crippen LogP) is 2.23. The molecule has 1 amide bonds. The molecule has 0 saturated carbocycles.